The van der Waals surface area contributed by atoms with Gasteiger partial charge < -0.3 is 14.6 Å². The van der Waals surface area contributed by atoms with Gasteiger partial charge >= 0.3 is 0 Å². The number of nitrogens with zero attached hydrogens (tertiary/aromatic N) is 5. The van der Waals surface area contributed by atoms with E-state index >= 15 is 0 Å². The Labute approximate surface area is 147 Å². The minimum absolute atomic E-state index is 0.242. The van der Waals surface area contributed by atoms with E-state index in [1.165, 1.54) is 0 Å². The van der Waals surface area contributed by atoms with Crippen LogP contribution in [0.25, 0.3) is 22.6 Å². The summed E-state index contributed by atoms with van der Waals surface area (Å²) in [6.07, 6.45) is 3.08. The Morgan fingerprint density at radius 3 is 2.60 bits per heavy atom. The van der Waals surface area contributed by atoms with E-state index in [2.05, 4.69) is 21.8 Å². The zero-order valence-electron chi connectivity index (χ0n) is 14.8. The van der Waals surface area contributed by atoms with Crippen LogP contribution < -0.4 is 4.90 Å². The van der Waals surface area contributed by atoms with Crippen LogP contribution in [0.5, 0.6) is 0 Å². The summed E-state index contributed by atoms with van der Waals surface area (Å²) in [5, 5.41) is 10.1. The lowest BCUT2D eigenvalue weighted by atomic mass is 10.1. The van der Waals surface area contributed by atoms with Crippen molar-refractivity contribution in [1.82, 2.24) is 19.5 Å². The standard InChI is InChI=1S/C19H23N5O/c1-12-9-14(10-15(12)25)23(2)18-16-19(21-11-20-18)24(3)17(22-16)13-7-5-4-6-8-13/h4-8,11-12,14-15,25H,9-10H2,1-3H3/t12-,14+,15-/m0/s1. The maximum atomic E-state index is 10.1. The maximum Gasteiger partial charge on any atom is 0.165 e. The fourth-order valence-electron chi connectivity index (χ4n) is 3.77. The molecule has 0 aliphatic heterocycles. The van der Waals surface area contributed by atoms with Crippen LogP contribution in [0.4, 0.5) is 5.82 Å². The molecule has 0 spiro atoms. The maximum absolute atomic E-state index is 10.1. The molecule has 1 saturated carbocycles. The summed E-state index contributed by atoms with van der Waals surface area (Å²) in [5.41, 5.74) is 2.68. The highest BCUT2D eigenvalue weighted by Crippen LogP contribution is 2.33. The number of fused-ring (bicyclic) bond motifs is 1. The second-order valence-corrected chi connectivity index (χ2v) is 7.01. The van der Waals surface area contributed by atoms with Crippen LogP contribution in [0.15, 0.2) is 36.7 Å². The molecule has 1 N–H and O–H groups in total. The Morgan fingerprint density at radius 1 is 1.16 bits per heavy atom. The van der Waals surface area contributed by atoms with Gasteiger partial charge in [0, 0.05) is 25.7 Å². The van der Waals surface area contributed by atoms with Crippen molar-refractivity contribution < 1.29 is 5.11 Å². The van der Waals surface area contributed by atoms with E-state index in [4.69, 9.17) is 4.98 Å². The number of hydrogen-bond donors (Lipinski definition) is 1. The van der Waals surface area contributed by atoms with Gasteiger partial charge in [-0.1, -0.05) is 37.3 Å². The molecule has 2 heterocycles. The van der Waals surface area contributed by atoms with Crippen molar-refractivity contribution in [3.8, 4) is 11.4 Å². The smallest absolute Gasteiger partial charge is 0.165 e. The fourth-order valence-corrected chi connectivity index (χ4v) is 3.77. The Morgan fingerprint density at radius 2 is 1.92 bits per heavy atom. The monoisotopic (exact) mass is 337 g/mol. The van der Waals surface area contributed by atoms with E-state index in [0.717, 1.165) is 41.2 Å². The molecule has 0 bridgehead atoms. The third-order valence-corrected chi connectivity index (χ3v) is 5.36. The van der Waals surface area contributed by atoms with Crippen LogP contribution >= 0.6 is 0 Å². The third-order valence-electron chi connectivity index (χ3n) is 5.36. The van der Waals surface area contributed by atoms with Gasteiger partial charge in [-0.3, -0.25) is 0 Å². The SMILES string of the molecule is C[C@H]1C[C@@H](N(C)c2ncnc3c2nc(-c2ccccc2)n3C)C[C@@H]1O. The van der Waals surface area contributed by atoms with E-state index in [9.17, 15) is 5.11 Å². The van der Waals surface area contributed by atoms with Crippen molar-refractivity contribution in [1.29, 1.82) is 0 Å². The van der Waals surface area contributed by atoms with E-state index in [1.807, 2.05) is 49.0 Å². The predicted molar refractivity (Wildman–Crippen MR) is 98.3 cm³/mol. The number of aliphatic hydroxyl groups is 1. The van der Waals surface area contributed by atoms with Gasteiger partial charge in [0.15, 0.2) is 17.0 Å². The Kier molecular flexibility index (Phi) is 3.92. The van der Waals surface area contributed by atoms with Crippen molar-refractivity contribution in [2.45, 2.75) is 31.9 Å². The van der Waals surface area contributed by atoms with Gasteiger partial charge in [-0.2, -0.15) is 0 Å². The number of benzene rings is 1. The first-order valence-electron chi connectivity index (χ1n) is 8.70. The zero-order valence-corrected chi connectivity index (χ0v) is 14.8. The highest BCUT2D eigenvalue weighted by Gasteiger charge is 2.33. The average molecular weight is 337 g/mol. The highest BCUT2D eigenvalue weighted by molar-refractivity contribution is 5.86. The third kappa shape index (κ3) is 2.66. The molecule has 6 heteroatoms. The first-order valence-corrected chi connectivity index (χ1v) is 8.70. The molecule has 0 amide bonds. The number of aliphatic hydroxyl groups excluding tert-OH is 1. The molecule has 2 aromatic heterocycles. The van der Waals surface area contributed by atoms with Crippen LogP contribution in [0.1, 0.15) is 19.8 Å². The van der Waals surface area contributed by atoms with Gasteiger partial charge in [-0.15, -0.1) is 0 Å². The summed E-state index contributed by atoms with van der Waals surface area (Å²) in [7, 11) is 4.02. The number of imidazole rings is 1. The first kappa shape index (κ1) is 16.0. The van der Waals surface area contributed by atoms with Crippen LogP contribution in [0.2, 0.25) is 0 Å². The van der Waals surface area contributed by atoms with Crippen LogP contribution in [-0.2, 0) is 7.05 Å². The van der Waals surface area contributed by atoms with Crippen molar-refractivity contribution in [3.05, 3.63) is 36.7 Å². The predicted octanol–water partition coefficient (Wildman–Crippen LogP) is 2.63. The molecule has 6 nitrogen and oxygen atoms in total. The van der Waals surface area contributed by atoms with Crippen molar-refractivity contribution in [2.75, 3.05) is 11.9 Å². The Bertz CT molecular complexity index is 881. The Hall–Kier alpha value is -2.47. The number of hydrogen-bond acceptors (Lipinski definition) is 5. The highest BCUT2D eigenvalue weighted by atomic mass is 16.3. The molecule has 3 atom stereocenters. The van der Waals surface area contributed by atoms with Crippen molar-refractivity contribution in [2.24, 2.45) is 13.0 Å². The molecule has 0 saturated heterocycles. The van der Waals surface area contributed by atoms with Crippen LogP contribution in [0.3, 0.4) is 0 Å². The number of aryl methyl sites for hydroxylation is 1. The summed E-state index contributed by atoms with van der Waals surface area (Å²) in [6.45, 7) is 2.10. The van der Waals surface area contributed by atoms with Crippen molar-refractivity contribution in [3.63, 3.8) is 0 Å². The number of aromatic nitrogens is 4. The lowest BCUT2D eigenvalue weighted by molar-refractivity contribution is 0.140. The van der Waals surface area contributed by atoms with E-state index < -0.39 is 0 Å². The summed E-state index contributed by atoms with van der Waals surface area (Å²) in [5.74, 6) is 2.02. The molecule has 1 aromatic carbocycles. The molecule has 3 aromatic rings. The molecule has 0 unspecified atom stereocenters. The molecular weight excluding hydrogens is 314 g/mol. The molecule has 4 rings (SSSR count). The lowest BCUT2D eigenvalue weighted by Crippen LogP contribution is -2.30. The van der Waals surface area contributed by atoms with Gasteiger partial charge in [0.2, 0.25) is 0 Å². The molecule has 25 heavy (non-hydrogen) atoms. The topological polar surface area (TPSA) is 67.1 Å². The second kappa shape index (κ2) is 6.11. The van der Waals surface area contributed by atoms with E-state index in [-0.39, 0.29) is 12.1 Å². The average Bonchev–Trinajstić information content (AvgIpc) is 3.15. The van der Waals surface area contributed by atoms with E-state index in [0.29, 0.717) is 5.92 Å². The summed E-state index contributed by atoms with van der Waals surface area (Å²) in [4.78, 5) is 15.9. The minimum atomic E-state index is -0.242. The molecule has 1 aliphatic carbocycles. The Balaban J connectivity index is 1.78. The van der Waals surface area contributed by atoms with Gasteiger partial charge in [-0.25, -0.2) is 15.0 Å². The largest absolute Gasteiger partial charge is 0.393 e. The van der Waals surface area contributed by atoms with Gasteiger partial charge in [0.05, 0.1) is 6.10 Å². The number of anilines is 1. The van der Waals surface area contributed by atoms with Crippen molar-refractivity contribution >= 4 is 17.0 Å². The summed E-state index contributed by atoms with van der Waals surface area (Å²) in [6, 6.07) is 10.4. The number of rotatable bonds is 3. The van der Waals surface area contributed by atoms with Gasteiger partial charge in [0.25, 0.3) is 0 Å². The molecular formula is C19H23N5O. The van der Waals surface area contributed by atoms with Crippen LogP contribution in [-0.4, -0.2) is 43.8 Å². The second-order valence-electron chi connectivity index (χ2n) is 7.01. The van der Waals surface area contributed by atoms with Gasteiger partial charge in [0.1, 0.15) is 12.2 Å². The lowest BCUT2D eigenvalue weighted by Gasteiger charge is -2.25. The molecule has 1 fully saturated rings. The van der Waals surface area contributed by atoms with Gasteiger partial charge in [-0.05, 0) is 18.8 Å². The molecule has 0 radical (unpaired) electrons. The minimum Gasteiger partial charge on any atom is -0.393 e. The van der Waals surface area contributed by atoms with Crippen LogP contribution in [0, 0.1) is 5.92 Å². The zero-order chi connectivity index (χ0) is 17.6. The van der Waals surface area contributed by atoms with E-state index in [1.54, 1.807) is 6.33 Å². The summed E-state index contributed by atoms with van der Waals surface area (Å²) >= 11 is 0. The molecule has 130 valence electrons. The quantitative estimate of drug-likeness (QED) is 0.796. The summed E-state index contributed by atoms with van der Waals surface area (Å²) < 4.78 is 2.01. The normalized spacial score (nSPS) is 23.3. The fraction of sp³-hybridized carbons (Fsp3) is 0.421. The molecule has 1 aliphatic rings. The first-order chi connectivity index (χ1) is 12.1.